The number of hydrogen-bond donors (Lipinski definition) is 3. The Morgan fingerprint density at radius 1 is 1.09 bits per heavy atom. The lowest BCUT2D eigenvalue weighted by molar-refractivity contribution is -0.150. The maximum atomic E-state index is 12.7. The van der Waals surface area contributed by atoms with Crippen molar-refractivity contribution in [2.45, 2.75) is 26.3 Å². The van der Waals surface area contributed by atoms with Gasteiger partial charge in [-0.2, -0.15) is 0 Å². The molecule has 0 fully saturated rings. The van der Waals surface area contributed by atoms with E-state index in [0.29, 0.717) is 11.5 Å². The number of rotatable bonds is 8. The van der Waals surface area contributed by atoms with Crippen molar-refractivity contribution in [2.75, 3.05) is 18.7 Å². The summed E-state index contributed by atoms with van der Waals surface area (Å²) in [5.74, 6) is -1.30. The molecule has 1 aliphatic rings. The van der Waals surface area contributed by atoms with Crippen LogP contribution in [0.5, 0.6) is 11.5 Å². The van der Waals surface area contributed by atoms with Gasteiger partial charge in [-0.3, -0.25) is 14.4 Å². The molecule has 0 radical (unpaired) electrons. The fourth-order valence-electron chi connectivity index (χ4n) is 3.72. The van der Waals surface area contributed by atoms with Crippen LogP contribution >= 0.6 is 0 Å². The number of anilines is 1. The lowest BCUT2D eigenvalue weighted by Crippen LogP contribution is -2.43. The van der Waals surface area contributed by atoms with Crippen LogP contribution in [0.4, 0.5) is 5.69 Å². The van der Waals surface area contributed by atoms with Crippen molar-refractivity contribution in [2.24, 2.45) is 0 Å². The number of ketones is 1. The van der Waals surface area contributed by atoms with Gasteiger partial charge in [0.15, 0.2) is 23.9 Å². The lowest BCUT2D eigenvalue weighted by Gasteiger charge is -2.17. The van der Waals surface area contributed by atoms with Crippen molar-refractivity contribution in [3.63, 3.8) is 0 Å². The Hall–Kier alpha value is -4.34. The Kier molecular flexibility index (Phi) is 6.48. The fourth-order valence-corrected chi connectivity index (χ4v) is 3.72. The van der Waals surface area contributed by atoms with E-state index in [0.717, 1.165) is 16.5 Å². The van der Waals surface area contributed by atoms with Crippen molar-refractivity contribution in [1.82, 2.24) is 10.3 Å². The standard InChI is InChI=1S/C24H23N3O7/c1-13(28)17-8-21-22(34-12-33-21)9-19(17)27-23(30)11-32-24(31)20(26-14(2)29)7-15-10-25-18-6-4-3-5-16(15)18/h3-6,8-10,20,25H,7,11-12H2,1-2H3,(H,26,29)(H,27,30). The highest BCUT2D eigenvalue weighted by Gasteiger charge is 2.25. The summed E-state index contributed by atoms with van der Waals surface area (Å²) in [4.78, 5) is 51.9. The Balaban J connectivity index is 1.42. The molecule has 1 aromatic heterocycles. The van der Waals surface area contributed by atoms with Crippen LogP contribution in [-0.2, 0) is 25.5 Å². The SMILES string of the molecule is CC(=O)NC(Cc1c[nH]c2ccccc12)C(=O)OCC(=O)Nc1cc2c(cc1C(C)=O)OCO2. The monoisotopic (exact) mass is 465 g/mol. The Labute approximate surface area is 194 Å². The molecule has 2 amide bonds. The van der Waals surface area contributed by atoms with E-state index in [-0.39, 0.29) is 30.2 Å². The second-order valence-corrected chi connectivity index (χ2v) is 7.78. The third-order valence-corrected chi connectivity index (χ3v) is 5.27. The third kappa shape index (κ3) is 5.01. The quantitative estimate of drug-likeness (QED) is 0.343. The molecule has 3 aromatic rings. The summed E-state index contributed by atoms with van der Waals surface area (Å²) in [6, 6.07) is 9.56. The highest BCUT2D eigenvalue weighted by molar-refractivity contribution is 6.05. The zero-order valence-corrected chi connectivity index (χ0v) is 18.6. The molecule has 0 bridgehead atoms. The Bertz CT molecular complexity index is 1280. The van der Waals surface area contributed by atoms with Gasteiger partial charge in [0.05, 0.1) is 5.69 Å². The number of nitrogens with one attached hydrogen (secondary N) is 3. The number of benzene rings is 2. The largest absolute Gasteiger partial charge is 0.454 e. The van der Waals surface area contributed by atoms with Crippen molar-refractivity contribution < 1.29 is 33.4 Å². The van der Waals surface area contributed by atoms with Gasteiger partial charge in [0.25, 0.3) is 5.91 Å². The Morgan fingerprint density at radius 3 is 2.56 bits per heavy atom. The summed E-state index contributed by atoms with van der Waals surface area (Å²) in [5, 5.41) is 6.06. The first-order valence-corrected chi connectivity index (χ1v) is 10.5. The van der Waals surface area contributed by atoms with Crippen molar-refractivity contribution in [3.8, 4) is 11.5 Å². The molecule has 3 N–H and O–H groups in total. The van der Waals surface area contributed by atoms with E-state index in [2.05, 4.69) is 15.6 Å². The Morgan fingerprint density at radius 2 is 1.82 bits per heavy atom. The van der Waals surface area contributed by atoms with E-state index in [4.69, 9.17) is 14.2 Å². The third-order valence-electron chi connectivity index (χ3n) is 5.27. The number of hydrogen-bond acceptors (Lipinski definition) is 7. The first-order valence-electron chi connectivity index (χ1n) is 10.5. The molecule has 1 unspecified atom stereocenters. The molecular weight excluding hydrogens is 442 g/mol. The molecule has 176 valence electrons. The van der Waals surface area contributed by atoms with Gasteiger partial charge in [0.2, 0.25) is 12.7 Å². The van der Waals surface area contributed by atoms with Gasteiger partial charge in [0, 0.05) is 42.1 Å². The summed E-state index contributed by atoms with van der Waals surface area (Å²) in [5.41, 5.74) is 2.17. The molecule has 4 rings (SSSR count). The molecular formula is C24H23N3O7. The number of aromatic nitrogens is 1. The molecule has 0 saturated carbocycles. The highest BCUT2D eigenvalue weighted by Crippen LogP contribution is 2.37. The molecule has 0 saturated heterocycles. The number of Topliss-reactive ketones (excluding diaryl/α,β-unsaturated/α-hetero) is 1. The first kappa shape index (κ1) is 22.8. The zero-order chi connectivity index (χ0) is 24.2. The number of carbonyl (C=O) groups excluding carboxylic acids is 4. The number of aromatic amines is 1. The van der Waals surface area contributed by atoms with E-state index in [1.807, 2.05) is 24.3 Å². The first-order chi connectivity index (χ1) is 16.3. The van der Waals surface area contributed by atoms with Crippen LogP contribution in [-0.4, -0.2) is 48.0 Å². The van der Waals surface area contributed by atoms with Gasteiger partial charge in [0.1, 0.15) is 6.04 Å². The van der Waals surface area contributed by atoms with Crippen molar-refractivity contribution >= 4 is 40.2 Å². The minimum Gasteiger partial charge on any atom is -0.454 e. The smallest absolute Gasteiger partial charge is 0.329 e. The van der Waals surface area contributed by atoms with Crippen molar-refractivity contribution in [1.29, 1.82) is 0 Å². The summed E-state index contributed by atoms with van der Waals surface area (Å²) < 4.78 is 15.7. The van der Waals surface area contributed by atoms with Crippen LogP contribution < -0.4 is 20.1 Å². The second kappa shape index (κ2) is 9.65. The average Bonchev–Trinajstić information content (AvgIpc) is 3.42. The average molecular weight is 465 g/mol. The highest BCUT2D eigenvalue weighted by atomic mass is 16.7. The molecule has 10 heteroatoms. The fraction of sp³-hybridized carbons (Fsp3) is 0.250. The minimum absolute atomic E-state index is 0.0165. The number of esters is 1. The van der Waals surface area contributed by atoms with Gasteiger partial charge >= 0.3 is 5.97 Å². The van der Waals surface area contributed by atoms with Gasteiger partial charge < -0.3 is 29.8 Å². The summed E-state index contributed by atoms with van der Waals surface area (Å²) >= 11 is 0. The predicted octanol–water partition coefficient (Wildman–Crippen LogP) is 2.33. The van der Waals surface area contributed by atoms with E-state index >= 15 is 0 Å². The van der Waals surface area contributed by atoms with Gasteiger partial charge in [-0.05, 0) is 24.6 Å². The van der Waals surface area contributed by atoms with Gasteiger partial charge in [-0.15, -0.1) is 0 Å². The molecule has 34 heavy (non-hydrogen) atoms. The second-order valence-electron chi connectivity index (χ2n) is 7.78. The summed E-state index contributed by atoms with van der Waals surface area (Å²) in [7, 11) is 0. The summed E-state index contributed by atoms with van der Waals surface area (Å²) in [6.45, 7) is 2.07. The number of H-pyrrole nitrogens is 1. The van der Waals surface area contributed by atoms with Crippen LogP contribution in [0.2, 0.25) is 0 Å². The number of amides is 2. The minimum atomic E-state index is -0.983. The zero-order valence-electron chi connectivity index (χ0n) is 18.6. The number of fused-ring (bicyclic) bond motifs is 2. The maximum absolute atomic E-state index is 12.7. The van der Waals surface area contributed by atoms with Crippen LogP contribution in [0.25, 0.3) is 10.9 Å². The summed E-state index contributed by atoms with van der Waals surface area (Å²) in [6.07, 6.45) is 1.95. The normalized spacial score (nSPS) is 12.8. The molecule has 10 nitrogen and oxygen atoms in total. The molecule has 1 aliphatic heterocycles. The van der Waals surface area contributed by atoms with Crippen LogP contribution in [0.1, 0.15) is 29.8 Å². The maximum Gasteiger partial charge on any atom is 0.329 e. The number of ether oxygens (including phenoxy) is 3. The molecule has 2 heterocycles. The molecule has 1 atom stereocenters. The molecule has 0 aliphatic carbocycles. The number of carbonyl (C=O) groups is 4. The van der Waals surface area contributed by atoms with E-state index in [1.165, 1.54) is 26.0 Å². The van der Waals surface area contributed by atoms with E-state index < -0.39 is 30.4 Å². The van der Waals surface area contributed by atoms with E-state index in [9.17, 15) is 19.2 Å². The topological polar surface area (TPSA) is 136 Å². The predicted molar refractivity (Wildman–Crippen MR) is 122 cm³/mol. The molecule has 2 aromatic carbocycles. The van der Waals surface area contributed by atoms with Crippen LogP contribution in [0.3, 0.4) is 0 Å². The van der Waals surface area contributed by atoms with Gasteiger partial charge in [-0.25, -0.2) is 4.79 Å². The van der Waals surface area contributed by atoms with Crippen LogP contribution in [0.15, 0.2) is 42.6 Å². The van der Waals surface area contributed by atoms with E-state index in [1.54, 1.807) is 6.20 Å². The van der Waals surface area contributed by atoms with Crippen LogP contribution in [0, 0.1) is 0 Å². The van der Waals surface area contributed by atoms with Crippen molar-refractivity contribution in [3.05, 3.63) is 53.7 Å². The lowest BCUT2D eigenvalue weighted by atomic mass is 10.0. The molecule has 0 spiro atoms. The number of para-hydroxylation sites is 1. The van der Waals surface area contributed by atoms with Gasteiger partial charge in [-0.1, -0.05) is 18.2 Å².